The van der Waals surface area contributed by atoms with E-state index in [1.807, 2.05) is 0 Å². The third-order valence-corrected chi connectivity index (χ3v) is 3.93. The zero-order valence-corrected chi connectivity index (χ0v) is 14.2. The highest BCUT2D eigenvalue weighted by atomic mass is 35.5. The van der Waals surface area contributed by atoms with Crippen LogP contribution in [0.15, 0.2) is 24.3 Å². The Bertz CT molecular complexity index is 517. The molecule has 2 unspecified atom stereocenters. The molecular weight excluding hydrogens is 345 g/mol. The molecular formula is C16H22ClF3N2O2. The van der Waals surface area contributed by atoms with Gasteiger partial charge in [0.05, 0.1) is 6.04 Å². The van der Waals surface area contributed by atoms with Crippen molar-refractivity contribution in [1.82, 2.24) is 10.6 Å². The molecule has 2 atom stereocenters. The van der Waals surface area contributed by atoms with Crippen molar-refractivity contribution >= 4 is 18.3 Å². The minimum absolute atomic E-state index is 0. The summed E-state index contributed by atoms with van der Waals surface area (Å²) in [5, 5.41) is 6.13. The fraction of sp³-hybridized carbons (Fsp3) is 0.562. The van der Waals surface area contributed by atoms with E-state index in [4.69, 9.17) is 0 Å². The maximum absolute atomic E-state index is 12.1. The summed E-state index contributed by atoms with van der Waals surface area (Å²) in [4.78, 5) is 11.9. The smallest absolute Gasteiger partial charge is 0.406 e. The third-order valence-electron chi connectivity index (χ3n) is 3.93. The van der Waals surface area contributed by atoms with Crippen molar-refractivity contribution in [2.24, 2.45) is 5.92 Å². The van der Waals surface area contributed by atoms with Crippen molar-refractivity contribution in [2.45, 2.75) is 38.6 Å². The number of alkyl halides is 3. The molecule has 1 aliphatic rings. The minimum Gasteiger partial charge on any atom is -0.406 e. The number of nitrogens with one attached hydrogen (secondary N) is 2. The molecule has 0 spiro atoms. The average molecular weight is 367 g/mol. The number of amides is 1. The van der Waals surface area contributed by atoms with Gasteiger partial charge in [0.1, 0.15) is 5.75 Å². The number of carbonyl (C=O) groups is 1. The summed E-state index contributed by atoms with van der Waals surface area (Å²) in [7, 11) is 0. The summed E-state index contributed by atoms with van der Waals surface area (Å²) in [6, 6.07) is 5.27. The predicted octanol–water partition coefficient (Wildman–Crippen LogP) is 3.57. The van der Waals surface area contributed by atoms with Gasteiger partial charge in [-0.2, -0.15) is 0 Å². The first-order chi connectivity index (χ1) is 10.8. The summed E-state index contributed by atoms with van der Waals surface area (Å²) in [5.41, 5.74) is 0.732. The molecule has 0 saturated carbocycles. The van der Waals surface area contributed by atoms with Gasteiger partial charge in [0.25, 0.3) is 0 Å². The summed E-state index contributed by atoms with van der Waals surface area (Å²) in [6.07, 6.45) is -2.28. The van der Waals surface area contributed by atoms with Gasteiger partial charge in [0.15, 0.2) is 0 Å². The first kappa shape index (κ1) is 20.6. The van der Waals surface area contributed by atoms with Gasteiger partial charge in [-0.25, -0.2) is 0 Å². The Hall–Kier alpha value is -1.47. The topological polar surface area (TPSA) is 50.4 Å². The van der Waals surface area contributed by atoms with Crippen molar-refractivity contribution in [1.29, 1.82) is 0 Å². The van der Waals surface area contributed by atoms with Gasteiger partial charge in [-0.15, -0.1) is 25.6 Å². The SMILES string of the molecule is CC(NC(=O)CCC1CCNC1)c1ccc(OC(F)(F)F)cc1.Cl. The van der Waals surface area contributed by atoms with Gasteiger partial charge >= 0.3 is 6.36 Å². The Morgan fingerprint density at radius 1 is 1.38 bits per heavy atom. The highest BCUT2D eigenvalue weighted by molar-refractivity contribution is 5.85. The number of hydrogen-bond donors (Lipinski definition) is 2. The highest BCUT2D eigenvalue weighted by Crippen LogP contribution is 2.24. The fourth-order valence-electron chi connectivity index (χ4n) is 2.65. The van der Waals surface area contributed by atoms with E-state index in [1.165, 1.54) is 24.3 Å². The fourth-order valence-corrected chi connectivity index (χ4v) is 2.65. The summed E-state index contributed by atoms with van der Waals surface area (Å²) < 4.78 is 40.1. The predicted molar refractivity (Wildman–Crippen MR) is 87.1 cm³/mol. The van der Waals surface area contributed by atoms with E-state index in [9.17, 15) is 18.0 Å². The summed E-state index contributed by atoms with van der Waals surface area (Å²) >= 11 is 0. The Labute approximate surface area is 145 Å². The van der Waals surface area contributed by atoms with Crippen LogP contribution in [-0.4, -0.2) is 25.4 Å². The van der Waals surface area contributed by atoms with E-state index in [1.54, 1.807) is 6.92 Å². The van der Waals surface area contributed by atoms with Crippen LogP contribution in [0.25, 0.3) is 0 Å². The molecule has 1 saturated heterocycles. The van der Waals surface area contributed by atoms with Crippen molar-refractivity contribution in [3.8, 4) is 5.75 Å². The van der Waals surface area contributed by atoms with E-state index >= 15 is 0 Å². The molecule has 1 amide bonds. The first-order valence-corrected chi connectivity index (χ1v) is 7.69. The van der Waals surface area contributed by atoms with Crippen LogP contribution < -0.4 is 15.4 Å². The van der Waals surface area contributed by atoms with Crippen LogP contribution in [0, 0.1) is 5.92 Å². The summed E-state index contributed by atoms with van der Waals surface area (Å²) in [6.45, 7) is 3.77. The lowest BCUT2D eigenvalue weighted by Gasteiger charge is -2.16. The molecule has 1 fully saturated rings. The second-order valence-electron chi connectivity index (χ2n) is 5.80. The Morgan fingerprint density at radius 3 is 2.58 bits per heavy atom. The summed E-state index contributed by atoms with van der Waals surface area (Å²) in [5.74, 6) is 0.239. The molecule has 136 valence electrons. The zero-order chi connectivity index (χ0) is 16.9. The Morgan fingerprint density at radius 2 is 2.04 bits per heavy atom. The van der Waals surface area contributed by atoms with Crippen LogP contribution in [0.2, 0.25) is 0 Å². The van der Waals surface area contributed by atoms with E-state index in [0.717, 1.165) is 31.5 Å². The van der Waals surface area contributed by atoms with Gasteiger partial charge in [0.2, 0.25) is 5.91 Å². The number of hydrogen-bond acceptors (Lipinski definition) is 3. The number of benzene rings is 1. The van der Waals surface area contributed by atoms with E-state index in [2.05, 4.69) is 15.4 Å². The van der Waals surface area contributed by atoms with Crippen LogP contribution in [0.4, 0.5) is 13.2 Å². The number of halogens is 4. The van der Waals surface area contributed by atoms with Gasteiger partial charge in [0, 0.05) is 6.42 Å². The van der Waals surface area contributed by atoms with Crippen molar-refractivity contribution < 1.29 is 22.7 Å². The molecule has 4 nitrogen and oxygen atoms in total. The van der Waals surface area contributed by atoms with Crippen LogP contribution in [0.1, 0.15) is 37.8 Å². The number of rotatable bonds is 6. The lowest BCUT2D eigenvalue weighted by atomic mass is 10.0. The molecule has 1 aromatic rings. The van der Waals surface area contributed by atoms with Gasteiger partial charge in [-0.05, 0) is 56.5 Å². The Kier molecular flexibility index (Phi) is 7.83. The lowest BCUT2D eigenvalue weighted by molar-refractivity contribution is -0.274. The molecule has 0 bridgehead atoms. The quantitative estimate of drug-likeness (QED) is 0.809. The van der Waals surface area contributed by atoms with Crippen LogP contribution >= 0.6 is 12.4 Å². The van der Waals surface area contributed by atoms with Crippen LogP contribution in [0.3, 0.4) is 0 Å². The molecule has 1 heterocycles. The molecule has 0 aliphatic carbocycles. The molecule has 1 aliphatic heterocycles. The zero-order valence-electron chi connectivity index (χ0n) is 13.4. The molecule has 0 radical (unpaired) electrons. The van der Waals surface area contributed by atoms with Gasteiger partial charge in [-0.3, -0.25) is 4.79 Å². The molecule has 8 heteroatoms. The van der Waals surface area contributed by atoms with Crippen LogP contribution in [0.5, 0.6) is 5.75 Å². The third kappa shape index (κ3) is 6.97. The van der Waals surface area contributed by atoms with Crippen LogP contribution in [-0.2, 0) is 4.79 Å². The second kappa shape index (κ2) is 9.13. The molecule has 24 heavy (non-hydrogen) atoms. The lowest BCUT2D eigenvalue weighted by Crippen LogP contribution is -2.27. The average Bonchev–Trinajstić information content (AvgIpc) is 2.97. The molecule has 0 aromatic heterocycles. The monoisotopic (exact) mass is 366 g/mol. The largest absolute Gasteiger partial charge is 0.573 e. The molecule has 2 rings (SSSR count). The highest BCUT2D eigenvalue weighted by Gasteiger charge is 2.31. The van der Waals surface area contributed by atoms with Crippen molar-refractivity contribution in [3.63, 3.8) is 0 Å². The van der Waals surface area contributed by atoms with Gasteiger partial charge < -0.3 is 15.4 Å². The second-order valence-corrected chi connectivity index (χ2v) is 5.80. The van der Waals surface area contributed by atoms with E-state index in [0.29, 0.717) is 12.3 Å². The minimum atomic E-state index is -4.70. The van der Waals surface area contributed by atoms with E-state index in [-0.39, 0.29) is 30.1 Å². The normalized spacial score (nSPS) is 18.6. The standard InChI is InChI=1S/C16H21F3N2O2.ClH/c1-11(21-15(22)7-2-12-8-9-20-10-12)13-3-5-14(6-4-13)23-16(17,18)19;/h3-6,11-12,20H,2,7-10H2,1H3,(H,21,22);1H. The molecule has 2 N–H and O–H groups in total. The maximum atomic E-state index is 12.1. The number of ether oxygens (including phenoxy) is 1. The van der Waals surface area contributed by atoms with E-state index < -0.39 is 6.36 Å². The Balaban J connectivity index is 0.00000288. The molecule has 1 aromatic carbocycles. The van der Waals surface area contributed by atoms with Crippen molar-refractivity contribution in [2.75, 3.05) is 13.1 Å². The van der Waals surface area contributed by atoms with Crippen molar-refractivity contribution in [3.05, 3.63) is 29.8 Å². The maximum Gasteiger partial charge on any atom is 0.573 e. The van der Waals surface area contributed by atoms with Gasteiger partial charge in [-0.1, -0.05) is 12.1 Å². The first-order valence-electron chi connectivity index (χ1n) is 7.69. The number of carbonyl (C=O) groups excluding carboxylic acids is 1.